The quantitative estimate of drug-likeness (QED) is 0.728. The molecule has 0 saturated heterocycles. The Kier molecular flexibility index (Phi) is 2.94. The number of hydrogen-bond donors (Lipinski definition) is 1. The van der Waals surface area contributed by atoms with E-state index in [2.05, 4.69) is 4.98 Å². The van der Waals surface area contributed by atoms with Crippen LogP contribution in [0.1, 0.15) is 11.6 Å². The fourth-order valence-electron chi connectivity index (χ4n) is 0.770. The Bertz CT molecular complexity index is 267. The molecule has 0 spiro atoms. The van der Waals surface area contributed by atoms with Crippen LogP contribution in [0, 0.1) is 0 Å². The zero-order chi connectivity index (χ0) is 9.14. The molecule has 66 valence electrons. The summed E-state index contributed by atoms with van der Waals surface area (Å²) >= 11 is 5.48. The molecule has 0 fully saturated rings. The van der Waals surface area contributed by atoms with Gasteiger partial charge in [-0.2, -0.15) is 0 Å². The van der Waals surface area contributed by atoms with E-state index in [1.54, 1.807) is 0 Å². The molecule has 1 aromatic heterocycles. The molecule has 1 atom stereocenters. The summed E-state index contributed by atoms with van der Waals surface area (Å²) in [4.78, 5) is 3.65. The van der Waals surface area contributed by atoms with Crippen LogP contribution in [0.2, 0.25) is 5.15 Å². The average molecular weight is 193 g/mol. The number of alkyl halides is 2. The fourth-order valence-corrected chi connectivity index (χ4v) is 0.953. The topological polar surface area (TPSA) is 38.9 Å². The molecule has 1 rings (SSSR count). The maximum absolute atomic E-state index is 12.1. The lowest BCUT2D eigenvalue weighted by Gasteiger charge is -2.09. The van der Waals surface area contributed by atoms with Crippen molar-refractivity contribution in [2.75, 3.05) is 0 Å². The van der Waals surface area contributed by atoms with Gasteiger partial charge in [-0.25, -0.2) is 13.8 Å². The highest BCUT2D eigenvalue weighted by atomic mass is 35.5. The third kappa shape index (κ3) is 2.12. The highest BCUT2D eigenvalue weighted by Crippen LogP contribution is 2.19. The maximum Gasteiger partial charge on any atom is 0.257 e. The van der Waals surface area contributed by atoms with Gasteiger partial charge in [0.2, 0.25) is 0 Å². The smallest absolute Gasteiger partial charge is 0.257 e. The van der Waals surface area contributed by atoms with Crippen molar-refractivity contribution in [2.24, 2.45) is 5.73 Å². The van der Waals surface area contributed by atoms with Crippen LogP contribution < -0.4 is 5.73 Å². The lowest BCUT2D eigenvalue weighted by Crippen LogP contribution is -2.18. The van der Waals surface area contributed by atoms with Crippen molar-refractivity contribution in [1.29, 1.82) is 0 Å². The summed E-state index contributed by atoms with van der Waals surface area (Å²) in [7, 11) is 0. The van der Waals surface area contributed by atoms with Gasteiger partial charge in [0.25, 0.3) is 6.43 Å². The summed E-state index contributed by atoms with van der Waals surface area (Å²) in [6.07, 6.45) is -1.23. The highest BCUT2D eigenvalue weighted by molar-refractivity contribution is 6.29. The summed E-state index contributed by atoms with van der Waals surface area (Å²) < 4.78 is 24.1. The minimum absolute atomic E-state index is 0.170. The van der Waals surface area contributed by atoms with Crippen molar-refractivity contribution in [2.45, 2.75) is 12.5 Å². The largest absolute Gasteiger partial charge is 0.319 e. The summed E-state index contributed by atoms with van der Waals surface area (Å²) in [5, 5.41) is 0.170. The van der Waals surface area contributed by atoms with Gasteiger partial charge in [0, 0.05) is 6.20 Å². The Labute approximate surface area is 73.4 Å². The van der Waals surface area contributed by atoms with Crippen molar-refractivity contribution >= 4 is 11.6 Å². The molecule has 0 aliphatic rings. The predicted octanol–water partition coefficient (Wildman–Crippen LogP) is 2.00. The van der Waals surface area contributed by atoms with E-state index in [1.807, 2.05) is 0 Å². The van der Waals surface area contributed by atoms with Crippen molar-refractivity contribution in [3.63, 3.8) is 0 Å². The Morgan fingerprint density at radius 2 is 2.17 bits per heavy atom. The zero-order valence-corrected chi connectivity index (χ0v) is 6.80. The number of nitrogens with zero attached hydrogens (tertiary/aromatic N) is 1. The minimum Gasteiger partial charge on any atom is -0.319 e. The Morgan fingerprint density at radius 1 is 1.50 bits per heavy atom. The molecule has 2 N–H and O–H groups in total. The van der Waals surface area contributed by atoms with Crippen LogP contribution in [0.5, 0.6) is 0 Å². The lowest BCUT2D eigenvalue weighted by atomic mass is 10.1. The van der Waals surface area contributed by atoms with Crippen LogP contribution in [-0.4, -0.2) is 11.4 Å². The lowest BCUT2D eigenvalue weighted by molar-refractivity contribution is 0.116. The zero-order valence-electron chi connectivity index (χ0n) is 6.05. The second kappa shape index (κ2) is 3.78. The molecule has 5 heteroatoms. The van der Waals surface area contributed by atoms with E-state index in [0.29, 0.717) is 5.56 Å². The van der Waals surface area contributed by atoms with E-state index in [4.69, 9.17) is 17.3 Å². The van der Waals surface area contributed by atoms with Gasteiger partial charge in [-0.3, -0.25) is 0 Å². The normalized spacial score (nSPS) is 13.4. The van der Waals surface area contributed by atoms with Gasteiger partial charge in [-0.15, -0.1) is 0 Å². The molecule has 2 nitrogen and oxygen atoms in total. The van der Waals surface area contributed by atoms with E-state index >= 15 is 0 Å². The average Bonchev–Trinajstić information content (AvgIpc) is 2.03. The monoisotopic (exact) mass is 192 g/mol. The number of aromatic nitrogens is 1. The van der Waals surface area contributed by atoms with E-state index < -0.39 is 12.5 Å². The van der Waals surface area contributed by atoms with Gasteiger partial charge >= 0.3 is 0 Å². The van der Waals surface area contributed by atoms with Gasteiger partial charge in [0.05, 0.1) is 6.04 Å². The van der Waals surface area contributed by atoms with Crippen LogP contribution in [0.25, 0.3) is 0 Å². The van der Waals surface area contributed by atoms with Gasteiger partial charge in [-0.05, 0) is 17.7 Å². The molecule has 1 aromatic rings. The number of pyridine rings is 1. The first-order valence-corrected chi connectivity index (χ1v) is 3.64. The Hall–Kier alpha value is -0.740. The molecule has 1 heterocycles. The SMILES string of the molecule is NC(c1ccnc(Cl)c1)C(F)F. The first kappa shape index (κ1) is 9.35. The summed E-state index contributed by atoms with van der Waals surface area (Å²) in [5.41, 5.74) is 5.47. The van der Waals surface area contributed by atoms with Gasteiger partial charge in [-0.1, -0.05) is 11.6 Å². The molecule has 0 aliphatic carbocycles. The standard InChI is InChI=1S/C7H7ClF2N2/c8-5-3-4(1-2-12-5)6(11)7(9)10/h1-3,6-7H,11H2. The molecule has 0 saturated carbocycles. The first-order chi connectivity index (χ1) is 5.61. The third-order valence-electron chi connectivity index (χ3n) is 1.41. The van der Waals surface area contributed by atoms with Crippen LogP contribution in [0.4, 0.5) is 8.78 Å². The maximum atomic E-state index is 12.1. The molecule has 0 aromatic carbocycles. The molecule has 1 unspecified atom stereocenters. The van der Waals surface area contributed by atoms with Crippen molar-refractivity contribution in [3.8, 4) is 0 Å². The van der Waals surface area contributed by atoms with E-state index in [9.17, 15) is 8.78 Å². The Balaban J connectivity index is 2.88. The van der Waals surface area contributed by atoms with Crippen molar-refractivity contribution in [3.05, 3.63) is 29.0 Å². The van der Waals surface area contributed by atoms with Crippen LogP contribution in [0.3, 0.4) is 0 Å². The Morgan fingerprint density at radius 3 is 2.67 bits per heavy atom. The third-order valence-corrected chi connectivity index (χ3v) is 1.61. The number of hydrogen-bond acceptors (Lipinski definition) is 2. The van der Waals surface area contributed by atoms with Gasteiger partial charge in [0.1, 0.15) is 5.15 Å². The number of halogens is 3. The predicted molar refractivity (Wildman–Crippen MR) is 42.2 cm³/mol. The molecule has 0 aliphatic heterocycles. The van der Waals surface area contributed by atoms with Crippen LogP contribution in [0.15, 0.2) is 18.3 Å². The minimum atomic E-state index is -2.58. The van der Waals surface area contributed by atoms with Crippen LogP contribution in [-0.2, 0) is 0 Å². The summed E-state index contributed by atoms with van der Waals surface area (Å²) in [6, 6.07) is 1.46. The summed E-state index contributed by atoms with van der Waals surface area (Å²) in [5.74, 6) is 0. The molecular formula is C7H7ClF2N2. The molecular weight excluding hydrogens is 186 g/mol. The summed E-state index contributed by atoms with van der Waals surface area (Å²) in [6.45, 7) is 0. The first-order valence-electron chi connectivity index (χ1n) is 3.26. The van der Waals surface area contributed by atoms with Crippen molar-refractivity contribution < 1.29 is 8.78 Å². The molecule has 12 heavy (non-hydrogen) atoms. The second-order valence-electron chi connectivity index (χ2n) is 2.27. The molecule has 0 radical (unpaired) electrons. The molecule has 0 amide bonds. The van der Waals surface area contributed by atoms with E-state index in [-0.39, 0.29) is 5.15 Å². The highest BCUT2D eigenvalue weighted by Gasteiger charge is 2.17. The van der Waals surface area contributed by atoms with E-state index in [0.717, 1.165) is 0 Å². The molecule has 0 bridgehead atoms. The van der Waals surface area contributed by atoms with Gasteiger partial charge < -0.3 is 5.73 Å². The fraction of sp³-hybridized carbons (Fsp3) is 0.286. The van der Waals surface area contributed by atoms with Gasteiger partial charge in [0.15, 0.2) is 0 Å². The van der Waals surface area contributed by atoms with E-state index in [1.165, 1.54) is 18.3 Å². The van der Waals surface area contributed by atoms with Crippen molar-refractivity contribution in [1.82, 2.24) is 4.98 Å². The van der Waals surface area contributed by atoms with Crippen LogP contribution >= 0.6 is 11.6 Å². The number of rotatable bonds is 2. The number of nitrogens with two attached hydrogens (primary N) is 1. The second-order valence-corrected chi connectivity index (χ2v) is 2.66.